The number of Topliss-reactive ketones (excluding diaryl/α,β-unsaturated/α-hetero) is 2. The van der Waals surface area contributed by atoms with Crippen LogP contribution in [0.25, 0.3) is 0 Å². The van der Waals surface area contributed by atoms with Gasteiger partial charge in [-0.15, -0.1) is 0 Å². The maximum absolute atomic E-state index is 11.4. The molecule has 1 aromatic rings. The second-order valence-electron chi connectivity index (χ2n) is 2.88. The van der Waals surface area contributed by atoms with E-state index < -0.39 is 24.0 Å². The highest BCUT2D eigenvalue weighted by atomic mass is 16.5. The predicted octanol–water partition coefficient (Wildman–Crippen LogP) is -0.265. The van der Waals surface area contributed by atoms with Crippen molar-refractivity contribution in [2.75, 3.05) is 7.11 Å². The number of rotatable bonds is 4. The number of carbonyl (C=O) groups is 3. The molecule has 0 N–H and O–H groups in total. The fourth-order valence-corrected chi connectivity index (χ4v) is 1.05. The van der Waals surface area contributed by atoms with E-state index in [9.17, 15) is 14.4 Å². The minimum absolute atomic E-state index is 0.146. The van der Waals surface area contributed by atoms with Crippen LogP contribution in [0.4, 0.5) is 0 Å². The van der Waals surface area contributed by atoms with E-state index in [0.29, 0.717) is 0 Å². The third-order valence-electron chi connectivity index (χ3n) is 1.80. The summed E-state index contributed by atoms with van der Waals surface area (Å²) in [6.45, 7) is 0. The number of hydrogen-bond acceptors (Lipinski definition) is 5. The summed E-state index contributed by atoms with van der Waals surface area (Å²) >= 11 is 0. The summed E-state index contributed by atoms with van der Waals surface area (Å²) in [6, 6.07) is 0. The molecule has 1 heterocycles. The molecule has 6 heteroatoms. The second kappa shape index (κ2) is 4.50. The van der Waals surface area contributed by atoms with E-state index in [1.807, 2.05) is 0 Å². The summed E-state index contributed by atoms with van der Waals surface area (Å²) < 4.78 is 5.67. The van der Waals surface area contributed by atoms with Crippen molar-refractivity contribution in [1.29, 1.82) is 0 Å². The van der Waals surface area contributed by atoms with Gasteiger partial charge in [-0.3, -0.25) is 9.59 Å². The zero-order chi connectivity index (χ0) is 11.4. The lowest BCUT2D eigenvalue weighted by Gasteiger charge is -1.99. The average molecular weight is 210 g/mol. The van der Waals surface area contributed by atoms with E-state index in [1.165, 1.54) is 10.8 Å². The monoisotopic (exact) mass is 210 g/mol. The highest BCUT2D eigenvalue weighted by Crippen LogP contribution is 2.00. The number of imidazole rings is 1. The van der Waals surface area contributed by atoms with E-state index in [1.54, 1.807) is 13.2 Å². The molecule has 80 valence electrons. The van der Waals surface area contributed by atoms with Crippen LogP contribution in [0.15, 0.2) is 12.4 Å². The molecule has 0 atom stereocenters. The molecule has 0 spiro atoms. The van der Waals surface area contributed by atoms with Gasteiger partial charge >= 0.3 is 5.97 Å². The third-order valence-corrected chi connectivity index (χ3v) is 1.80. The summed E-state index contributed by atoms with van der Waals surface area (Å²) in [6.07, 6.45) is 2.50. The summed E-state index contributed by atoms with van der Waals surface area (Å²) in [5.74, 6) is -2.24. The van der Waals surface area contributed by atoms with E-state index in [0.717, 1.165) is 7.11 Å². The zero-order valence-electron chi connectivity index (χ0n) is 8.39. The van der Waals surface area contributed by atoms with Crippen molar-refractivity contribution < 1.29 is 19.1 Å². The fourth-order valence-electron chi connectivity index (χ4n) is 1.05. The Labute approximate surface area is 85.9 Å². The van der Waals surface area contributed by atoms with Crippen molar-refractivity contribution >= 4 is 17.5 Å². The van der Waals surface area contributed by atoms with Gasteiger partial charge in [-0.1, -0.05) is 0 Å². The first-order chi connectivity index (χ1) is 7.06. The number of ketones is 2. The molecule has 0 aliphatic heterocycles. The van der Waals surface area contributed by atoms with Crippen LogP contribution < -0.4 is 0 Å². The number of hydrogen-bond donors (Lipinski definition) is 0. The minimum atomic E-state index is -1.02. The number of esters is 1. The lowest BCUT2D eigenvalue weighted by molar-refractivity contribution is -0.151. The molecule has 0 aromatic carbocycles. The van der Waals surface area contributed by atoms with Crippen LogP contribution in [0.5, 0.6) is 0 Å². The Balaban J connectivity index is 2.69. The largest absolute Gasteiger partial charge is 0.463 e. The van der Waals surface area contributed by atoms with Crippen molar-refractivity contribution in [3.63, 3.8) is 0 Å². The second-order valence-corrected chi connectivity index (χ2v) is 2.88. The van der Waals surface area contributed by atoms with Crippen molar-refractivity contribution in [2.45, 2.75) is 6.42 Å². The van der Waals surface area contributed by atoms with E-state index in [4.69, 9.17) is 0 Å². The van der Waals surface area contributed by atoms with E-state index >= 15 is 0 Å². The van der Waals surface area contributed by atoms with Crippen LogP contribution in [0.2, 0.25) is 0 Å². The fraction of sp³-hybridized carbons (Fsp3) is 0.333. The van der Waals surface area contributed by atoms with Gasteiger partial charge in [0.1, 0.15) is 0 Å². The van der Waals surface area contributed by atoms with Crippen LogP contribution in [0.1, 0.15) is 17.0 Å². The Hall–Kier alpha value is -1.98. The highest BCUT2D eigenvalue weighted by molar-refractivity contribution is 6.37. The minimum Gasteiger partial charge on any atom is -0.463 e. The maximum Gasteiger partial charge on any atom is 0.374 e. The highest BCUT2D eigenvalue weighted by Gasteiger charge is 2.21. The molecule has 0 aliphatic rings. The lowest BCUT2D eigenvalue weighted by atomic mass is 10.2. The summed E-state index contributed by atoms with van der Waals surface area (Å²) in [4.78, 5) is 37.0. The Morgan fingerprint density at radius 2 is 2.13 bits per heavy atom. The van der Waals surface area contributed by atoms with Gasteiger partial charge in [0.05, 0.1) is 13.5 Å². The van der Waals surface area contributed by atoms with Crippen LogP contribution in [-0.4, -0.2) is 34.2 Å². The molecule has 0 unspecified atom stereocenters. The quantitative estimate of drug-likeness (QED) is 0.296. The molecule has 0 radical (unpaired) electrons. The van der Waals surface area contributed by atoms with Crippen molar-refractivity contribution in [3.05, 3.63) is 18.2 Å². The summed E-state index contributed by atoms with van der Waals surface area (Å²) in [7, 11) is 2.72. The molecule has 6 nitrogen and oxygen atoms in total. The van der Waals surface area contributed by atoms with Gasteiger partial charge in [0.25, 0.3) is 0 Å². The normalized spacial score (nSPS) is 9.73. The summed E-state index contributed by atoms with van der Waals surface area (Å²) in [5.41, 5.74) is 0. The first kappa shape index (κ1) is 11.1. The number of nitrogens with zero attached hydrogens (tertiary/aromatic N) is 2. The molecular weight excluding hydrogens is 200 g/mol. The van der Waals surface area contributed by atoms with Crippen LogP contribution in [0, 0.1) is 0 Å². The molecule has 0 aliphatic carbocycles. The van der Waals surface area contributed by atoms with Crippen molar-refractivity contribution in [3.8, 4) is 0 Å². The maximum atomic E-state index is 11.4. The molecule has 1 rings (SSSR count). The van der Waals surface area contributed by atoms with Crippen molar-refractivity contribution in [1.82, 2.24) is 9.55 Å². The topological polar surface area (TPSA) is 78.3 Å². The third kappa shape index (κ3) is 2.49. The van der Waals surface area contributed by atoms with Gasteiger partial charge in [-0.2, -0.15) is 0 Å². The first-order valence-electron chi connectivity index (χ1n) is 4.18. The van der Waals surface area contributed by atoms with Crippen LogP contribution in [-0.2, 0) is 21.4 Å². The summed E-state index contributed by atoms with van der Waals surface area (Å²) in [5, 5.41) is 0. The lowest BCUT2D eigenvalue weighted by Crippen LogP contribution is -2.20. The molecule has 0 saturated heterocycles. The average Bonchev–Trinajstić information content (AvgIpc) is 2.63. The number of methoxy groups -OCH3 is 1. The first-order valence-corrected chi connectivity index (χ1v) is 4.18. The Morgan fingerprint density at radius 3 is 2.60 bits per heavy atom. The molecule has 0 saturated carbocycles. The molecule has 1 aromatic heterocycles. The molecular formula is C9H10N2O4. The van der Waals surface area contributed by atoms with E-state index in [2.05, 4.69) is 9.72 Å². The molecule has 15 heavy (non-hydrogen) atoms. The zero-order valence-corrected chi connectivity index (χ0v) is 8.39. The predicted molar refractivity (Wildman–Crippen MR) is 49.2 cm³/mol. The van der Waals surface area contributed by atoms with Gasteiger partial charge < -0.3 is 9.30 Å². The molecule has 0 bridgehead atoms. The number of aromatic nitrogens is 2. The van der Waals surface area contributed by atoms with Gasteiger partial charge in [-0.05, 0) is 0 Å². The van der Waals surface area contributed by atoms with E-state index in [-0.39, 0.29) is 5.82 Å². The number of carbonyl (C=O) groups excluding carboxylic acids is 3. The SMILES string of the molecule is COC(=O)C(=O)CC(=O)c1nccn1C. The van der Waals surface area contributed by atoms with Gasteiger partial charge in [0.2, 0.25) is 11.6 Å². The van der Waals surface area contributed by atoms with Gasteiger partial charge in [0.15, 0.2) is 5.82 Å². The standard InChI is InChI=1S/C9H10N2O4/c1-11-4-3-10-8(11)6(12)5-7(13)9(14)15-2/h3-4H,5H2,1-2H3. The molecule has 0 amide bonds. The van der Waals surface area contributed by atoms with Gasteiger partial charge in [-0.25, -0.2) is 9.78 Å². The molecule has 0 fully saturated rings. The number of aryl methyl sites for hydroxylation is 1. The van der Waals surface area contributed by atoms with Gasteiger partial charge in [0, 0.05) is 19.4 Å². The van der Waals surface area contributed by atoms with Crippen molar-refractivity contribution in [2.24, 2.45) is 7.05 Å². The van der Waals surface area contributed by atoms with Crippen LogP contribution >= 0.6 is 0 Å². The van der Waals surface area contributed by atoms with Crippen LogP contribution in [0.3, 0.4) is 0 Å². The Morgan fingerprint density at radius 1 is 1.47 bits per heavy atom. The Bertz CT molecular complexity index is 408. The number of ether oxygens (including phenoxy) is 1. The smallest absolute Gasteiger partial charge is 0.374 e. The Kier molecular flexibility index (Phi) is 3.33.